The molecule has 4 aromatic rings. The summed E-state index contributed by atoms with van der Waals surface area (Å²) >= 11 is 0. The molecule has 1 fully saturated rings. The number of amides is 1. The van der Waals surface area contributed by atoms with Gasteiger partial charge in [0.25, 0.3) is 5.91 Å². The van der Waals surface area contributed by atoms with Crippen molar-refractivity contribution in [2.24, 2.45) is 0 Å². The molecule has 2 aromatic carbocycles. The first-order chi connectivity index (χ1) is 15.5. The Bertz CT molecular complexity index is 1320. The molecule has 7 nitrogen and oxygen atoms in total. The van der Waals surface area contributed by atoms with Crippen LogP contribution < -0.4 is 10.1 Å². The van der Waals surface area contributed by atoms with Crippen LogP contribution in [0.5, 0.6) is 5.75 Å². The molecule has 0 spiro atoms. The van der Waals surface area contributed by atoms with Crippen molar-refractivity contribution in [3.05, 3.63) is 77.4 Å². The van der Waals surface area contributed by atoms with E-state index in [-0.39, 0.29) is 5.91 Å². The predicted octanol–water partition coefficient (Wildman–Crippen LogP) is 4.17. The molecule has 5 rings (SSSR count). The number of aromatic nitrogens is 2. The summed E-state index contributed by atoms with van der Waals surface area (Å²) in [6.07, 6.45) is 3.45. The third-order valence-corrected chi connectivity index (χ3v) is 5.88. The van der Waals surface area contributed by atoms with Crippen molar-refractivity contribution in [2.75, 3.05) is 20.3 Å². The molecule has 32 heavy (non-hydrogen) atoms. The van der Waals surface area contributed by atoms with Gasteiger partial charge in [0.05, 0.1) is 32.0 Å². The molecule has 1 N–H and O–H groups in total. The van der Waals surface area contributed by atoms with E-state index in [9.17, 15) is 4.79 Å². The molecule has 1 aliphatic rings. The van der Waals surface area contributed by atoms with E-state index in [0.29, 0.717) is 36.2 Å². The fourth-order valence-electron chi connectivity index (χ4n) is 4.07. The number of rotatable bonds is 5. The SMILES string of the molecule is COc1ccc(C)c(C(=O)NC2(c3cc(-c4cnc(C)o4)cc4ncccc34)COC2)c1. The number of pyridine rings is 1. The molecule has 0 unspecified atom stereocenters. The van der Waals surface area contributed by atoms with Crippen LogP contribution in [-0.2, 0) is 10.3 Å². The molecule has 1 amide bonds. The molecule has 0 radical (unpaired) electrons. The van der Waals surface area contributed by atoms with Gasteiger partial charge in [-0.3, -0.25) is 9.78 Å². The summed E-state index contributed by atoms with van der Waals surface area (Å²) in [5, 5.41) is 4.19. The number of nitrogens with zero attached hydrogens (tertiary/aromatic N) is 2. The fourth-order valence-corrected chi connectivity index (χ4v) is 4.07. The zero-order chi connectivity index (χ0) is 22.3. The van der Waals surface area contributed by atoms with Crippen molar-refractivity contribution in [2.45, 2.75) is 19.4 Å². The van der Waals surface area contributed by atoms with Gasteiger partial charge in [-0.15, -0.1) is 0 Å². The molecule has 1 saturated heterocycles. The average molecular weight is 429 g/mol. The average Bonchev–Trinajstić information content (AvgIpc) is 3.22. The zero-order valence-corrected chi connectivity index (χ0v) is 18.1. The van der Waals surface area contributed by atoms with E-state index in [1.807, 2.05) is 50.2 Å². The lowest BCUT2D eigenvalue weighted by atomic mass is 9.83. The molecule has 0 bridgehead atoms. The van der Waals surface area contributed by atoms with Gasteiger partial charge in [0.15, 0.2) is 11.7 Å². The van der Waals surface area contributed by atoms with Gasteiger partial charge in [-0.2, -0.15) is 0 Å². The van der Waals surface area contributed by atoms with Crippen LogP contribution in [-0.4, -0.2) is 36.2 Å². The smallest absolute Gasteiger partial charge is 0.252 e. The van der Waals surface area contributed by atoms with Gasteiger partial charge in [0.2, 0.25) is 0 Å². The number of carbonyl (C=O) groups is 1. The first-order valence-electron chi connectivity index (χ1n) is 10.4. The quantitative estimate of drug-likeness (QED) is 0.512. The van der Waals surface area contributed by atoms with Gasteiger partial charge in [-0.05, 0) is 48.4 Å². The summed E-state index contributed by atoms with van der Waals surface area (Å²) in [5.74, 6) is 1.70. The van der Waals surface area contributed by atoms with Gasteiger partial charge in [-0.25, -0.2) is 4.98 Å². The van der Waals surface area contributed by atoms with E-state index in [1.165, 1.54) is 0 Å². The highest BCUT2D eigenvalue weighted by Gasteiger charge is 2.43. The van der Waals surface area contributed by atoms with Gasteiger partial charge in [0.1, 0.15) is 11.3 Å². The van der Waals surface area contributed by atoms with Crippen LogP contribution in [0.2, 0.25) is 0 Å². The highest BCUT2D eigenvalue weighted by molar-refractivity contribution is 5.97. The lowest BCUT2D eigenvalue weighted by Gasteiger charge is -2.43. The number of hydrogen-bond acceptors (Lipinski definition) is 6. The molecule has 0 saturated carbocycles. The number of carbonyl (C=O) groups excluding carboxylic acids is 1. The van der Waals surface area contributed by atoms with Crippen LogP contribution in [0.15, 0.2) is 59.3 Å². The molecular weight excluding hydrogens is 406 g/mol. The highest BCUT2D eigenvalue weighted by atomic mass is 16.5. The van der Waals surface area contributed by atoms with Crippen molar-refractivity contribution in [3.63, 3.8) is 0 Å². The molecule has 3 heterocycles. The highest BCUT2D eigenvalue weighted by Crippen LogP contribution is 2.38. The summed E-state index contributed by atoms with van der Waals surface area (Å²) < 4.78 is 16.7. The largest absolute Gasteiger partial charge is 0.497 e. The first-order valence-corrected chi connectivity index (χ1v) is 10.4. The number of fused-ring (bicyclic) bond motifs is 1. The van der Waals surface area contributed by atoms with Crippen LogP contribution in [0.4, 0.5) is 0 Å². The summed E-state index contributed by atoms with van der Waals surface area (Å²) in [5.41, 5.74) is 3.36. The van der Waals surface area contributed by atoms with Gasteiger partial charge in [0, 0.05) is 29.6 Å². The van der Waals surface area contributed by atoms with Crippen LogP contribution in [0, 0.1) is 13.8 Å². The van der Waals surface area contributed by atoms with Crippen LogP contribution in [0.1, 0.15) is 27.4 Å². The second kappa shape index (κ2) is 7.76. The molecule has 0 atom stereocenters. The lowest BCUT2D eigenvalue weighted by Crippen LogP contribution is -2.59. The number of nitrogens with one attached hydrogen (secondary N) is 1. The number of aryl methyl sites for hydroxylation is 2. The maximum absolute atomic E-state index is 13.3. The normalized spacial score (nSPS) is 14.7. The van der Waals surface area contributed by atoms with Gasteiger partial charge < -0.3 is 19.2 Å². The second-order valence-electron chi connectivity index (χ2n) is 8.05. The third-order valence-electron chi connectivity index (χ3n) is 5.88. The maximum atomic E-state index is 13.3. The molecule has 7 heteroatoms. The Kier molecular flexibility index (Phi) is 4.90. The Balaban J connectivity index is 1.60. The minimum Gasteiger partial charge on any atom is -0.497 e. The molecule has 0 aliphatic carbocycles. The second-order valence-corrected chi connectivity index (χ2v) is 8.05. The Labute approximate surface area is 185 Å². The molecular formula is C25H23N3O4. The third kappa shape index (κ3) is 3.40. The van der Waals surface area contributed by atoms with Gasteiger partial charge >= 0.3 is 0 Å². The maximum Gasteiger partial charge on any atom is 0.252 e. The fraction of sp³-hybridized carbons (Fsp3) is 0.240. The van der Waals surface area contributed by atoms with E-state index in [0.717, 1.165) is 27.6 Å². The van der Waals surface area contributed by atoms with E-state index < -0.39 is 5.54 Å². The molecule has 2 aromatic heterocycles. The minimum atomic E-state index is -0.682. The van der Waals surface area contributed by atoms with Crippen molar-refractivity contribution in [1.29, 1.82) is 0 Å². The zero-order valence-electron chi connectivity index (χ0n) is 18.1. The van der Waals surface area contributed by atoms with E-state index >= 15 is 0 Å². The van der Waals surface area contributed by atoms with Gasteiger partial charge in [-0.1, -0.05) is 12.1 Å². The Hall–Kier alpha value is -3.71. The Morgan fingerprint density at radius 2 is 1.97 bits per heavy atom. The topological polar surface area (TPSA) is 86.5 Å². The minimum absolute atomic E-state index is 0.178. The number of ether oxygens (including phenoxy) is 2. The van der Waals surface area contributed by atoms with Crippen LogP contribution >= 0.6 is 0 Å². The number of benzene rings is 2. The lowest BCUT2D eigenvalue weighted by molar-refractivity contribution is -0.0726. The molecule has 162 valence electrons. The summed E-state index contributed by atoms with van der Waals surface area (Å²) in [6.45, 7) is 4.45. The number of methoxy groups -OCH3 is 1. The summed E-state index contributed by atoms with van der Waals surface area (Å²) in [7, 11) is 1.59. The van der Waals surface area contributed by atoms with E-state index in [4.69, 9.17) is 13.9 Å². The van der Waals surface area contributed by atoms with Crippen LogP contribution in [0.3, 0.4) is 0 Å². The van der Waals surface area contributed by atoms with Crippen molar-refractivity contribution >= 4 is 16.8 Å². The summed E-state index contributed by atoms with van der Waals surface area (Å²) in [4.78, 5) is 22.1. The molecule has 1 aliphatic heterocycles. The van der Waals surface area contributed by atoms with Crippen molar-refractivity contribution in [3.8, 4) is 17.1 Å². The van der Waals surface area contributed by atoms with Crippen LogP contribution in [0.25, 0.3) is 22.2 Å². The Morgan fingerprint density at radius 1 is 1.12 bits per heavy atom. The predicted molar refractivity (Wildman–Crippen MR) is 120 cm³/mol. The summed E-state index contributed by atoms with van der Waals surface area (Å²) in [6, 6.07) is 13.4. The number of hydrogen-bond donors (Lipinski definition) is 1. The Morgan fingerprint density at radius 3 is 2.66 bits per heavy atom. The monoisotopic (exact) mass is 429 g/mol. The number of oxazole rings is 1. The van der Waals surface area contributed by atoms with Crippen molar-refractivity contribution in [1.82, 2.24) is 15.3 Å². The van der Waals surface area contributed by atoms with Crippen molar-refractivity contribution < 1.29 is 18.7 Å². The standard InChI is InChI=1S/C25H23N3O4/c1-15-6-7-18(30-3)11-20(15)24(29)28-25(13-31-14-25)21-9-17(23-12-27-16(2)32-23)10-22-19(21)5-4-8-26-22/h4-12H,13-14H2,1-3H3,(H,28,29). The first kappa shape index (κ1) is 20.2. The van der Waals surface area contributed by atoms with E-state index in [2.05, 4.69) is 15.3 Å². The van der Waals surface area contributed by atoms with E-state index in [1.54, 1.807) is 25.6 Å².